The normalized spacial score (nSPS) is 20.3. The molecule has 1 aliphatic heterocycles. The zero-order chi connectivity index (χ0) is 15.4. The fourth-order valence-corrected chi connectivity index (χ4v) is 3.07. The van der Waals surface area contributed by atoms with Crippen LogP contribution in [0.1, 0.15) is 44.4 Å². The predicted octanol–water partition coefficient (Wildman–Crippen LogP) is 3.15. The Morgan fingerprint density at radius 3 is 2.71 bits per heavy atom. The molecule has 0 aliphatic carbocycles. The van der Waals surface area contributed by atoms with Gasteiger partial charge in [-0.3, -0.25) is 4.79 Å². The minimum absolute atomic E-state index is 0.227. The lowest BCUT2D eigenvalue weighted by Gasteiger charge is -2.26. The van der Waals surface area contributed by atoms with Gasteiger partial charge in [0, 0.05) is 25.6 Å². The smallest absolute Gasteiger partial charge is 0.222 e. The Kier molecular flexibility index (Phi) is 5.40. The average Bonchev–Trinajstić information content (AvgIpc) is 2.80. The van der Waals surface area contributed by atoms with Crippen molar-refractivity contribution in [1.29, 1.82) is 0 Å². The van der Waals surface area contributed by atoms with Crippen LogP contribution in [0.5, 0.6) is 0 Å². The molecule has 2 atom stereocenters. The van der Waals surface area contributed by atoms with Crippen LogP contribution in [0, 0.1) is 18.8 Å². The highest BCUT2D eigenvalue weighted by atomic mass is 16.2. The van der Waals surface area contributed by atoms with Gasteiger partial charge in [-0.15, -0.1) is 0 Å². The van der Waals surface area contributed by atoms with Crippen molar-refractivity contribution in [2.45, 2.75) is 40.2 Å². The molecule has 1 aliphatic rings. The number of nitrogens with zero attached hydrogens (tertiary/aromatic N) is 1. The number of amides is 1. The Morgan fingerprint density at radius 2 is 2.14 bits per heavy atom. The summed E-state index contributed by atoms with van der Waals surface area (Å²) in [4.78, 5) is 14.3. The number of carbonyl (C=O) groups is 1. The molecule has 116 valence electrons. The van der Waals surface area contributed by atoms with Crippen molar-refractivity contribution in [3.05, 3.63) is 35.4 Å². The fraction of sp³-hybridized carbons (Fsp3) is 0.611. The number of aryl methyl sites for hydroxylation is 1. The van der Waals surface area contributed by atoms with Crippen molar-refractivity contribution >= 4 is 5.91 Å². The van der Waals surface area contributed by atoms with Gasteiger partial charge in [0.25, 0.3) is 0 Å². The van der Waals surface area contributed by atoms with Crippen molar-refractivity contribution in [3.63, 3.8) is 0 Å². The van der Waals surface area contributed by atoms with Crippen molar-refractivity contribution < 1.29 is 4.79 Å². The lowest BCUT2D eigenvalue weighted by atomic mass is 9.95. The second-order valence-electron chi connectivity index (χ2n) is 6.53. The zero-order valence-corrected chi connectivity index (χ0v) is 13.7. The molecule has 1 aromatic carbocycles. The van der Waals surface area contributed by atoms with Gasteiger partial charge in [0.1, 0.15) is 0 Å². The van der Waals surface area contributed by atoms with Crippen LogP contribution in [0.2, 0.25) is 0 Å². The van der Waals surface area contributed by atoms with Crippen molar-refractivity contribution in [3.8, 4) is 0 Å². The van der Waals surface area contributed by atoms with Crippen molar-refractivity contribution in [1.82, 2.24) is 10.2 Å². The van der Waals surface area contributed by atoms with Gasteiger partial charge in [-0.2, -0.15) is 0 Å². The first-order chi connectivity index (χ1) is 10.0. The van der Waals surface area contributed by atoms with Gasteiger partial charge in [-0.25, -0.2) is 0 Å². The van der Waals surface area contributed by atoms with Gasteiger partial charge >= 0.3 is 0 Å². The number of nitrogens with one attached hydrogen (secondary N) is 1. The van der Waals surface area contributed by atoms with E-state index in [1.165, 1.54) is 11.1 Å². The van der Waals surface area contributed by atoms with Gasteiger partial charge in [0.2, 0.25) is 5.91 Å². The third-order valence-electron chi connectivity index (χ3n) is 4.49. The topological polar surface area (TPSA) is 32.3 Å². The van der Waals surface area contributed by atoms with Gasteiger partial charge < -0.3 is 10.2 Å². The molecular formula is C18H28N2O. The molecule has 2 rings (SSSR count). The van der Waals surface area contributed by atoms with Gasteiger partial charge in [-0.1, -0.05) is 50.6 Å². The maximum Gasteiger partial charge on any atom is 0.222 e. The number of rotatable bonds is 6. The molecule has 2 unspecified atom stereocenters. The van der Waals surface area contributed by atoms with E-state index in [2.05, 4.69) is 57.3 Å². The number of benzene rings is 1. The highest BCUT2D eigenvalue weighted by Crippen LogP contribution is 2.27. The summed E-state index contributed by atoms with van der Waals surface area (Å²) in [7, 11) is 0. The molecule has 1 aromatic rings. The maximum atomic E-state index is 12.2. The van der Waals surface area contributed by atoms with E-state index in [9.17, 15) is 4.79 Å². The Morgan fingerprint density at radius 1 is 1.38 bits per heavy atom. The predicted molar refractivity (Wildman–Crippen MR) is 87.1 cm³/mol. The van der Waals surface area contributed by atoms with Crippen LogP contribution >= 0.6 is 0 Å². The summed E-state index contributed by atoms with van der Waals surface area (Å²) in [5.41, 5.74) is 2.54. The van der Waals surface area contributed by atoms with Crippen LogP contribution in [0.4, 0.5) is 0 Å². The van der Waals surface area contributed by atoms with Crippen molar-refractivity contribution in [2.24, 2.45) is 11.8 Å². The number of likely N-dealkylation sites (tertiary alicyclic amines) is 1. The van der Waals surface area contributed by atoms with E-state index < -0.39 is 0 Å². The fourth-order valence-electron chi connectivity index (χ4n) is 3.07. The standard InChI is InChI=1S/C18H28N2O/c1-5-19-17(15-8-6-7-14(4)9-15)12-20-11-16(13(2)3)10-18(20)21/h6-9,13,16-17,19H,5,10-12H2,1-4H3. The molecule has 1 heterocycles. The quantitative estimate of drug-likeness (QED) is 0.872. The van der Waals surface area contributed by atoms with Gasteiger partial charge in [-0.05, 0) is 30.9 Å². The summed E-state index contributed by atoms with van der Waals surface area (Å²) in [6.45, 7) is 11.2. The first-order valence-electron chi connectivity index (χ1n) is 8.09. The third-order valence-corrected chi connectivity index (χ3v) is 4.49. The van der Waals surface area contributed by atoms with E-state index in [0.717, 1.165) is 19.6 Å². The summed E-state index contributed by atoms with van der Waals surface area (Å²) >= 11 is 0. The van der Waals surface area contributed by atoms with E-state index in [4.69, 9.17) is 0 Å². The van der Waals surface area contributed by atoms with Crippen molar-refractivity contribution in [2.75, 3.05) is 19.6 Å². The second kappa shape index (κ2) is 7.08. The monoisotopic (exact) mass is 288 g/mol. The first kappa shape index (κ1) is 16.0. The highest BCUT2D eigenvalue weighted by molar-refractivity contribution is 5.78. The van der Waals surface area contributed by atoms with Crippen LogP contribution in [0.3, 0.4) is 0 Å². The summed E-state index contributed by atoms with van der Waals surface area (Å²) < 4.78 is 0. The summed E-state index contributed by atoms with van der Waals surface area (Å²) in [6, 6.07) is 8.80. The highest BCUT2D eigenvalue weighted by Gasteiger charge is 2.32. The lowest BCUT2D eigenvalue weighted by molar-refractivity contribution is -0.128. The molecule has 0 saturated carbocycles. The van der Waals surface area contributed by atoms with Crippen LogP contribution < -0.4 is 5.32 Å². The van der Waals surface area contributed by atoms with Gasteiger partial charge in [0.15, 0.2) is 0 Å². The average molecular weight is 288 g/mol. The molecule has 1 N–H and O–H groups in total. The Balaban J connectivity index is 2.08. The molecule has 21 heavy (non-hydrogen) atoms. The largest absolute Gasteiger partial charge is 0.340 e. The van der Waals surface area contributed by atoms with Crippen LogP contribution in [0.15, 0.2) is 24.3 Å². The second-order valence-corrected chi connectivity index (χ2v) is 6.53. The Bertz CT molecular complexity index is 484. The molecule has 0 aromatic heterocycles. The van der Waals surface area contributed by atoms with E-state index in [0.29, 0.717) is 24.2 Å². The molecule has 3 nitrogen and oxygen atoms in total. The molecule has 0 radical (unpaired) electrons. The first-order valence-corrected chi connectivity index (χ1v) is 8.09. The Labute approximate surface area is 128 Å². The molecule has 0 spiro atoms. The number of likely N-dealkylation sites (N-methyl/N-ethyl adjacent to an activating group) is 1. The van der Waals surface area contributed by atoms with Gasteiger partial charge in [0.05, 0.1) is 0 Å². The molecule has 1 saturated heterocycles. The molecular weight excluding hydrogens is 260 g/mol. The van der Waals surface area contributed by atoms with Crippen LogP contribution in [-0.2, 0) is 4.79 Å². The van der Waals surface area contributed by atoms with Crippen LogP contribution in [0.25, 0.3) is 0 Å². The molecule has 3 heteroatoms. The zero-order valence-electron chi connectivity index (χ0n) is 13.7. The number of carbonyl (C=O) groups excluding carboxylic acids is 1. The Hall–Kier alpha value is -1.35. The van der Waals surface area contributed by atoms with E-state index in [1.807, 2.05) is 4.90 Å². The van der Waals surface area contributed by atoms with E-state index in [-0.39, 0.29) is 6.04 Å². The summed E-state index contributed by atoms with van der Waals surface area (Å²) in [5, 5.41) is 3.52. The van der Waals surface area contributed by atoms with Crippen LogP contribution in [-0.4, -0.2) is 30.4 Å². The minimum Gasteiger partial charge on any atom is -0.340 e. The summed E-state index contributed by atoms with van der Waals surface area (Å²) in [6.07, 6.45) is 0.713. The minimum atomic E-state index is 0.227. The molecule has 0 bridgehead atoms. The third kappa shape index (κ3) is 4.07. The molecule has 1 amide bonds. The summed E-state index contributed by atoms with van der Waals surface area (Å²) in [5.74, 6) is 1.40. The number of hydrogen-bond acceptors (Lipinski definition) is 2. The number of hydrogen-bond donors (Lipinski definition) is 1. The molecule has 1 fully saturated rings. The SMILES string of the molecule is CCNC(CN1CC(C(C)C)CC1=O)c1cccc(C)c1. The van der Waals surface area contributed by atoms with E-state index in [1.54, 1.807) is 0 Å². The maximum absolute atomic E-state index is 12.2. The van der Waals surface area contributed by atoms with E-state index >= 15 is 0 Å². The lowest BCUT2D eigenvalue weighted by Crippen LogP contribution is -2.36.